The number of aryl methyl sites for hydroxylation is 2. The van der Waals surface area contributed by atoms with E-state index in [-0.39, 0.29) is 17.7 Å². The van der Waals surface area contributed by atoms with E-state index >= 15 is 0 Å². The van der Waals surface area contributed by atoms with Crippen LogP contribution in [0.15, 0.2) is 41.1 Å². The molecule has 1 aliphatic rings. The number of carbonyl (C=O) groups is 2. The summed E-state index contributed by atoms with van der Waals surface area (Å²) in [5, 5.41) is 24.3. The molecule has 1 aliphatic heterocycles. The van der Waals surface area contributed by atoms with E-state index in [1.54, 1.807) is 9.90 Å². The number of hydrogen-bond donors (Lipinski definition) is 1. The number of hydrogen-bond acceptors (Lipinski definition) is 10. The van der Waals surface area contributed by atoms with Gasteiger partial charge in [-0.05, 0) is 50.4 Å². The van der Waals surface area contributed by atoms with Gasteiger partial charge in [0, 0.05) is 47.1 Å². The molecule has 1 N–H and O–H groups in total. The third-order valence-electron chi connectivity index (χ3n) is 6.61. The van der Waals surface area contributed by atoms with Crippen molar-refractivity contribution in [2.75, 3.05) is 18.4 Å². The second kappa shape index (κ2) is 9.99. The van der Waals surface area contributed by atoms with Crippen LogP contribution >= 0.6 is 22.9 Å². The summed E-state index contributed by atoms with van der Waals surface area (Å²) in [4.78, 5) is 32.4. The summed E-state index contributed by atoms with van der Waals surface area (Å²) in [6, 6.07) is 9.30. The third-order valence-corrected chi connectivity index (χ3v) is 8.12. The topological polar surface area (TPSA) is 131 Å². The number of fused-ring (bicyclic) bond motifs is 1. The van der Waals surface area contributed by atoms with Gasteiger partial charge in [0.25, 0.3) is 11.8 Å². The predicted octanol–water partition coefficient (Wildman–Crippen LogP) is 3.99. The summed E-state index contributed by atoms with van der Waals surface area (Å²) in [6.07, 6.45) is 1.53. The molecule has 0 bridgehead atoms. The standard InChI is InChI=1S/C25H23N9O2S2/c1-14-11-21-29-30-22(15(2)34(21)31-14)25(36)33-9-7-17(8-10-33)24-27-20(12-37-24)23(35)26-18-5-3-16(4-6-18)19-13-38-32-28-19/h3-6,11-13,17H,7-10H2,1-2H3,(H,26,35). The van der Waals surface area contributed by atoms with Gasteiger partial charge in [-0.1, -0.05) is 16.6 Å². The normalized spacial score (nSPS) is 14.2. The molecule has 1 aromatic carbocycles. The molecule has 38 heavy (non-hydrogen) atoms. The minimum absolute atomic E-state index is 0.139. The number of piperidine rings is 1. The van der Waals surface area contributed by atoms with Gasteiger partial charge in [-0.25, -0.2) is 9.50 Å². The van der Waals surface area contributed by atoms with Gasteiger partial charge in [0.1, 0.15) is 11.4 Å². The first-order chi connectivity index (χ1) is 18.5. The summed E-state index contributed by atoms with van der Waals surface area (Å²) in [5.74, 6) is -0.193. The molecular weight excluding hydrogens is 522 g/mol. The number of nitrogens with one attached hydrogen (secondary N) is 1. The number of thiazole rings is 1. The van der Waals surface area contributed by atoms with Gasteiger partial charge in [0.2, 0.25) is 0 Å². The van der Waals surface area contributed by atoms with Crippen LogP contribution in [-0.2, 0) is 0 Å². The highest BCUT2D eigenvalue weighted by Gasteiger charge is 2.29. The summed E-state index contributed by atoms with van der Waals surface area (Å²) in [7, 11) is 0. The van der Waals surface area contributed by atoms with Crippen LogP contribution in [0.2, 0.25) is 0 Å². The summed E-state index contributed by atoms with van der Waals surface area (Å²) in [6.45, 7) is 4.89. The lowest BCUT2D eigenvalue weighted by atomic mass is 9.97. The molecule has 2 amide bonds. The van der Waals surface area contributed by atoms with E-state index in [1.165, 1.54) is 22.9 Å². The van der Waals surface area contributed by atoms with Crippen molar-refractivity contribution in [2.24, 2.45) is 0 Å². The molecule has 192 valence electrons. The minimum atomic E-state index is -0.249. The molecule has 4 aromatic heterocycles. The van der Waals surface area contributed by atoms with Crippen molar-refractivity contribution in [3.8, 4) is 11.3 Å². The van der Waals surface area contributed by atoms with Crippen molar-refractivity contribution in [1.82, 2.24) is 39.3 Å². The van der Waals surface area contributed by atoms with Crippen molar-refractivity contribution in [1.29, 1.82) is 0 Å². The molecule has 0 radical (unpaired) electrons. The predicted molar refractivity (Wildman–Crippen MR) is 144 cm³/mol. The molecule has 5 heterocycles. The van der Waals surface area contributed by atoms with Crippen LogP contribution in [0.5, 0.6) is 0 Å². The second-order valence-corrected chi connectivity index (χ2v) is 10.6. The number of aromatic nitrogens is 7. The number of benzene rings is 1. The van der Waals surface area contributed by atoms with Crippen molar-refractivity contribution >= 4 is 46.0 Å². The third kappa shape index (κ3) is 4.65. The van der Waals surface area contributed by atoms with Crippen molar-refractivity contribution in [3.63, 3.8) is 0 Å². The zero-order valence-corrected chi connectivity index (χ0v) is 22.3. The van der Waals surface area contributed by atoms with Gasteiger partial charge in [-0.2, -0.15) is 5.10 Å². The van der Waals surface area contributed by atoms with E-state index in [0.717, 1.165) is 34.8 Å². The molecule has 0 spiro atoms. The van der Waals surface area contributed by atoms with E-state index in [0.29, 0.717) is 41.5 Å². The quantitative estimate of drug-likeness (QED) is 0.351. The first kappa shape index (κ1) is 24.2. The van der Waals surface area contributed by atoms with Crippen LogP contribution < -0.4 is 5.32 Å². The van der Waals surface area contributed by atoms with Gasteiger partial charge in [-0.15, -0.1) is 26.6 Å². The number of nitrogens with zero attached hydrogens (tertiary/aromatic N) is 8. The SMILES string of the molecule is Cc1cc2nnc(C(=O)N3CCC(c4nc(C(=O)Nc5ccc(-c6csnn6)cc5)cs4)CC3)c(C)n2n1. The van der Waals surface area contributed by atoms with E-state index in [1.807, 2.05) is 54.5 Å². The largest absolute Gasteiger partial charge is 0.337 e. The Morgan fingerprint density at radius 1 is 1.03 bits per heavy atom. The Bertz CT molecular complexity index is 1620. The maximum absolute atomic E-state index is 13.2. The fourth-order valence-electron chi connectivity index (χ4n) is 4.54. The van der Waals surface area contributed by atoms with Crippen molar-refractivity contribution < 1.29 is 9.59 Å². The average Bonchev–Trinajstić information content (AvgIpc) is 3.70. The molecule has 0 saturated carbocycles. The number of amides is 2. The summed E-state index contributed by atoms with van der Waals surface area (Å²) < 4.78 is 5.54. The number of carbonyl (C=O) groups excluding carboxylic acids is 2. The average molecular weight is 546 g/mol. The lowest BCUT2D eigenvalue weighted by molar-refractivity contribution is 0.0704. The molecule has 1 fully saturated rings. The van der Waals surface area contributed by atoms with Gasteiger partial charge in [-0.3, -0.25) is 9.59 Å². The smallest absolute Gasteiger partial charge is 0.276 e. The molecule has 1 saturated heterocycles. The molecule has 0 unspecified atom stereocenters. The monoisotopic (exact) mass is 545 g/mol. The Kier molecular flexibility index (Phi) is 6.37. The zero-order valence-electron chi connectivity index (χ0n) is 20.7. The molecule has 6 rings (SSSR count). The van der Waals surface area contributed by atoms with Crippen molar-refractivity contribution in [3.05, 3.63) is 68.9 Å². The van der Waals surface area contributed by atoms with Crippen LogP contribution in [-0.4, -0.2) is 64.2 Å². The fourth-order valence-corrected chi connectivity index (χ4v) is 5.98. The number of rotatable bonds is 5. The van der Waals surface area contributed by atoms with E-state index in [9.17, 15) is 9.59 Å². The Morgan fingerprint density at radius 3 is 2.55 bits per heavy atom. The lowest BCUT2D eigenvalue weighted by Gasteiger charge is -2.31. The first-order valence-electron chi connectivity index (χ1n) is 12.1. The van der Waals surface area contributed by atoms with Gasteiger partial charge in [0.15, 0.2) is 11.3 Å². The Balaban J connectivity index is 1.07. The molecule has 5 aromatic rings. The number of likely N-dealkylation sites (tertiary alicyclic amines) is 1. The first-order valence-corrected chi connectivity index (χ1v) is 13.8. The van der Waals surface area contributed by atoms with E-state index < -0.39 is 0 Å². The molecular formula is C25H23N9O2S2. The Hall–Kier alpha value is -4.10. The highest BCUT2D eigenvalue weighted by Crippen LogP contribution is 2.31. The van der Waals surface area contributed by atoms with Crippen LogP contribution in [0.25, 0.3) is 16.9 Å². The van der Waals surface area contributed by atoms with Crippen LogP contribution in [0.3, 0.4) is 0 Å². The van der Waals surface area contributed by atoms with Gasteiger partial charge in [0.05, 0.1) is 16.4 Å². The molecule has 13 heteroatoms. The minimum Gasteiger partial charge on any atom is -0.337 e. The van der Waals surface area contributed by atoms with Crippen LogP contribution in [0.4, 0.5) is 5.69 Å². The van der Waals surface area contributed by atoms with E-state index in [2.05, 4.69) is 35.2 Å². The summed E-state index contributed by atoms with van der Waals surface area (Å²) >= 11 is 2.78. The Labute approximate surface area is 225 Å². The maximum Gasteiger partial charge on any atom is 0.276 e. The molecule has 0 atom stereocenters. The zero-order chi connectivity index (χ0) is 26.2. The second-order valence-electron chi connectivity index (χ2n) is 9.15. The summed E-state index contributed by atoms with van der Waals surface area (Å²) in [5.41, 5.74) is 5.29. The lowest BCUT2D eigenvalue weighted by Crippen LogP contribution is -2.39. The van der Waals surface area contributed by atoms with Crippen LogP contribution in [0, 0.1) is 13.8 Å². The highest BCUT2D eigenvalue weighted by molar-refractivity contribution is 7.10. The number of anilines is 1. The highest BCUT2D eigenvalue weighted by atomic mass is 32.1. The van der Waals surface area contributed by atoms with Crippen LogP contribution in [0.1, 0.15) is 56.1 Å². The van der Waals surface area contributed by atoms with Gasteiger partial charge < -0.3 is 10.2 Å². The fraction of sp³-hybridized carbons (Fsp3) is 0.280. The molecule has 11 nitrogen and oxygen atoms in total. The Morgan fingerprint density at radius 2 is 1.82 bits per heavy atom. The van der Waals surface area contributed by atoms with Crippen molar-refractivity contribution in [2.45, 2.75) is 32.6 Å². The maximum atomic E-state index is 13.2. The molecule has 0 aliphatic carbocycles. The van der Waals surface area contributed by atoms with Gasteiger partial charge >= 0.3 is 0 Å². The van der Waals surface area contributed by atoms with E-state index in [4.69, 9.17) is 0 Å².